The van der Waals surface area contributed by atoms with Crippen LogP contribution in [0.25, 0.3) is 0 Å². The van der Waals surface area contributed by atoms with Crippen molar-refractivity contribution in [3.63, 3.8) is 0 Å². The number of cyclic esters (lactones) is 1. The van der Waals surface area contributed by atoms with Crippen LogP contribution in [0.15, 0.2) is 23.0 Å². The number of rotatable bonds is 2. The normalized spacial score (nSPS) is 51.7. The number of carbonyl (C=O) groups is 2. The highest BCUT2D eigenvalue weighted by Crippen LogP contribution is 2.80. The van der Waals surface area contributed by atoms with E-state index in [1.165, 1.54) is 6.92 Å². The number of hydrogen-bond donors (Lipinski definition) is 1. The minimum atomic E-state index is -0.797. The zero-order chi connectivity index (χ0) is 25.2. The summed E-state index contributed by atoms with van der Waals surface area (Å²) in [6, 6.07) is 1.86. The van der Waals surface area contributed by atoms with Gasteiger partial charge in [-0.1, -0.05) is 34.6 Å². The highest BCUT2D eigenvalue weighted by molar-refractivity contribution is 5.82. The smallest absolute Gasteiger partial charge is 0.339 e. The number of ether oxygens (including phenoxy) is 3. The largest absolute Gasteiger partial charge is 0.472 e. The van der Waals surface area contributed by atoms with Crippen LogP contribution in [0.4, 0.5) is 0 Å². The van der Waals surface area contributed by atoms with Crippen LogP contribution in [0, 0.1) is 33.5 Å². The molecule has 0 unspecified atom stereocenters. The van der Waals surface area contributed by atoms with Gasteiger partial charge in [-0.2, -0.15) is 0 Å². The first-order valence-electron chi connectivity index (χ1n) is 13.1. The fraction of sp³-hybridized carbons (Fsp3) is 0.786. The second kappa shape index (κ2) is 6.91. The summed E-state index contributed by atoms with van der Waals surface area (Å²) in [6.45, 7) is 12.5. The van der Waals surface area contributed by atoms with Crippen molar-refractivity contribution in [3.05, 3.63) is 24.2 Å². The van der Waals surface area contributed by atoms with E-state index in [1.54, 1.807) is 12.5 Å². The fourth-order valence-electron chi connectivity index (χ4n) is 9.88. The Labute approximate surface area is 206 Å². The number of fused-ring (bicyclic) bond motifs is 3. The number of hydrogen-bond acceptors (Lipinski definition) is 7. The van der Waals surface area contributed by atoms with Gasteiger partial charge in [0.1, 0.15) is 17.8 Å². The van der Waals surface area contributed by atoms with Gasteiger partial charge in [-0.25, -0.2) is 4.79 Å². The molecule has 2 aliphatic heterocycles. The first-order chi connectivity index (χ1) is 16.3. The third kappa shape index (κ3) is 2.59. The average molecular weight is 487 g/mol. The highest BCUT2D eigenvalue weighted by Gasteiger charge is 2.88. The van der Waals surface area contributed by atoms with Crippen LogP contribution in [-0.4, -0.2) is 41.0 Å². The number of esters is 2. The average Bonchev–Trinajstić information content (AvgIpc) is 3.35. The first kappa shape index (κ1) is 23.5. The monoisotopic (exact) mass is 486 g/mol. The van der Waals surface area contributed by atoms with Crippen molar-refractivity contribution in [2.45, 2.75) is 104 Å². The lowest BCUT2D eigenvalue weighted by atomic mass is 9.34. The molecule has 0 amide bonds. The van der Waals surface area contributed by atoms with Crippen LogP contribution in [0.1, 0.15) is 85.3 Å². The van der Waals surface area contributed by atoms with E-state index in [4.69, 9.17) is 18.6 Å². The maximum atomic E-state index is 13.3. The van der Waals surface area contributed by atoms with E-state index in [-0.39, 0.29) is 34.6 Å². The van der Waals surface area contributed by atoms with Crippen LogP contribution in [0.5, 0.6) is 0 Å². The Bertz CT molecular complexity index is 1060. The number of carbonyl (C=O) groups excluding carboxylic acids is 2. The lowest BCUT2D eigenvalue weighted by Crippen LogP contribution is -2.73. The summed E-state index contributed by atoms with van der Waals surface area (Å²) in [6.07, 6.45) is 5.33. The third-order valence-electron chi connectivity index (χ3n) is 11.5. The van der Waals surface area contributed by atoms with Crippen molar-refractivity contribution < 1.29 is 33.3 Å². The summed E-state index contributed by atoms with van der Waals surface area (Å²) in [5.74, 6) is -0.319. The molecule has 3 aliphatic carbocycles. The molecule has 5 fully saturated rings. The molecule has 1 aromatic heterocycles. The van der Waals surface area contributed by atoms with Gasteiger partial charge in [-0.05, 0) is 60.8 Å². The Morgan fingerprint density at radius 3 is 2.49 bits per heavy atom. The Kier molecular flexibility index (Phi) is 4.65. The molecule has 0 radical (unpaired) electrons. The maximum absolute atomic E-state index is 13.3. The summed E-state index contributed by atoms with van der Waals surface area (Å²) < 4.78 is 24.1. The van der Waals surface area contributed by atoms with Crippen molar-refractivity contribution >= 4 is 11.9 Å². The van der Waals surface area contributed by atoms with Gasteiger partial charge in [0, 0.05) is 23.3 Å². The van der Waals surface area contributed by atoms with E-state index in [9.17, 15) is 14.7 Å². The van der Waals surface area contributed by atoms with Crippen LogP contribution in [0.3, 0.4) is 0 Å². The summed E-state index contributed by atoms with van der Waals surface area (Å²) in [4.78, 5) is 25.7. The molecule has 7 nitrogen and oxygen atoms in total. The molecule has 1 spiro atoms. The summed E-state index contributed by atoms with van der Waals surface area (Å²) in [5.41, 5.74) is -1.42. The number of aliphatic hydroxyl groups excluding tert-OH is 1. The predicted molar refractivity (Wildman–Crippen MR) is 125 cm³/mol. The van der Waals surface area contributed by atoms with Crippen molar-refractivity contribution in [1.82, 2.24) is 0 Å². The molecule has 0 aromatic carbocycles. The van der Waals surface area contributed by atoms with Gasteiger partial charge in [0.05, 0.1) is 18.6 Å². The molecule has 0 bridgehead atoms. The van der Waals surface area contributed by atoms with Crippen molar-refractivity contribution in [2.75, 3.05) is 0 Å². The first-order valence-corrected chi connectivity index (χ1v) is 13.1. The van der Waals surface area contributed by atoms with Crippen molar-refractivity contribution in [3.8, 4) is 0 Å². The molecule has 7 heteroatoms. The van der Waals surface area contributed by atoms with E-state index >= 15 is 0 Å². The zero-order valence-corrected chi connectivity index (χ0v) is 21.6. The SMILES string of the molecule is CC(=O)O[C@H]1C[C@H]2C(C)(C)[C@H](O)CC[C@]2(C)[C@H]2CC[C@@]3(C)[C@H](c4ccoc4)OC(=O)[C@@H]4O[C@@]43[C@]12C. The Balaban J connectivity index is 1.53. The van der Waals surface area contributed by atoms with Crippen LogP contribution < -0.4 is 0 Å². The molecule has 6 rings (SSSR count). The maximum Gasteiger partial charge on any atom is 0.339 e. The number of aliphatic hydroxyl groups is 1. The zero-order valence-electron chi connectivity index (χ0n) is 21.6. The lowest BCUT2D eigenvalue weighted by Gasteiger charge is -2.70. The topological polar surface area (TPSA) is 98.5 Å². The predicted octanol–water partition coefficient (Wildman–Crippen LogP) is 4.58. The Morgan fingerprint density at radius 1 is 1.09 bits per heavy atom. The molecule has 2 saturated heterocycles. The van der Waals surface area contributed by atoms with Crippen LogP contribution in [-0.2, 0) is 23.8 Å². The van der Waals surface area contributed by atoms with E-state index < -0.39 is 40.8 Å². The second-order valence-corrected chi connectivity index (χ2v) is 13.2. The van der Waals surface area contributed by atoms with Gasteiger partial charge in [0.2, 0.25) is 0 Å². The Morgan fingerprint density at radius 2 is 1.83 bits per heavy atom. The summed E-state index contributed by atoms with van der Waals surface area (Å²) in [7, 11) is 0. The van der Waals surface area contributed by atoms with Crippen molar-refractivity contribution in [2.24, 2.45) is 33.5 Å². The number of epoxide rings is 1. The Hall–Kier alpha value is -1.86. The van der Waals surface area contributed by atoms with Crippen LogP contribution >= 0.6 is 0 Å². The molecule has 192 valence electrons. The van der Waals surface area contributed by atoms with E-state index in [2.05, 4.69) is 34.6 Å². The minimum Gasteiger partial charge on any atom is -0.472 e. The summed E-state index contributed by atoms with van der Waals surface area (Å²) in [5, 5.41) is 11.0. The lowest BCUT2D eigenvalue weighted by molar-refractivity contribution is -0.275. The highest BCUT2D eigenvalue weighted by atomic mass is 16.7. The van der Waals surface area contributed by atoms with Gasteiger partial charge in [0.15, 0.2) is 6.10 Å². The van der Waals surface area contributed by atoms with Gasteiger partial charge >= 0.3 is 11.9 Å². The quantitative estimate of drug-likeness (QED) is 0.483. The van der Waals surface area contributed by atoms with Crippen molar-refractivity contribution in [1.29, 1.82) is 0 Å². The van der Waals surface area contributed by atoms with Gasteiger partial charge < -0.3 is 23.7 Å². The molecule has 1 aromatic rings. The number of furan rings is 1. The summed E-state index contributed by atoms with van der Waals surface area (Å²) >= 11 is 0. The molecule has 3 saturated carbocycles. The molecule has 5 aliphatic rings. The minimum absolute atomic E-state index is 0.0762. The van der Waals surface area contributed by atoms with Gasteiger partial charge in [0.25, 0.3) is 0 Å². The molecule has 1 N–H and O–H groups in total. The third-order valence-corrected chi connectivity index (χ3v) is 11.5. The fourth-order valence-corrected chi connectivity index (χ4v) is 9.88. The second-order valence-electron chi connectivity index (χ2n) is 13.2. The molecular weight excluding hydrogens is 448 g/mol. The van der Waals surface area contributed by atoms with E-state index in [0.717, 1.165) is 31.2 Å². The van der Waals surface area contributed by atoms with Gasteiger partial charge in [-0.15, -0.1) is 0 Å². The van der Waals surface area contributed by atoms with E-state index in [0.29, 0.717) is 6.42 Å². The molecule has 35 heavy (non-hydrogen) atoms. The van der Waals surface area contributed by atoms with Crippen LogP contribution in [0.2, 0.25) is 0 Å². The molecular formula is C28H38O7. The molecule has 3 heterocycles. The van der Waals surface area contributed by atoms with E-state index in [1.807, 2.05) is 6.07 Å². The molecule has 10 atom stereocenters. The van der Waals surface area contributed by atoms with Gasteiger partial charge in [-0.3, -0.25) is 4.79 Å². The standard InChI is InChI=1S/C28H38O7/c1-15(29)33-20-13-18-24(2,3)19(30)8-10-25(18,4)17-7-11-26(5)21(16-9-12-32-14-16)34-23(31)22-28(26,35-22)27(17,20)6/h9,12,14,17-22,30H,7-8,10-11,13H2,1-6H3/t17-,18+,19-,20+,21+,22+,25-,26+,27+,28+/m1/s1.